The molecule has 0 aliphatic carbocycles. The van der Waals surface area contributed by atoms with Crippen molar-refractivity contribution >= 4 is 23.1 Å². The Morgan fingerprint density at radius 3 is 2.78 bits per heavy atom. The van der Waals surface area contributed by atoms with E-state index >= 15 is 0 Å². The van der Waals surface area contributed by atoms with Crippen LogP contribution in [0.5, 0.6) is 0 Å². The van der Waals surface area contributed by atoms with E-state index in [-0.39, 0.29) is 11.5 Å². The third-order valence-corrected chi connectivity index (χ3v) is 4.15. The summed E-state index contributed by atoms with van der Waals surface area (Å²) in [5, 5.41) is 8.92. The number of aromatic nitrogens is 3. The number of anilines is 1. The van der Waals surface area contributed by atoms with Crippen LogP contribution in [0.1, 0.15) is 13.0 Å². The number of carbonyl (C=O) groups is 1. The monoisotopic (exact) mass is 326 g/mol. The molecule has 0 spiro atoms. The van der Waals surface area contributed by atoms with Gasteiger partial charge in [0.2, 0.25) is 5.91 Å². The third-order valence-electron chi connectivity index (χ3n) is 3.26. The van der Waals surface area contributed by atoms with Gasteiger partial charge in [0.15, 0.2) is 0 Å². The van der Waals surface area contributed by atoms with Gasteiger partial charge >= 0.3 is 0 Å². The summed E-state index contributed by atoms with van der Waals surface area (Å²) in [5.74, 6) is 0.0911. The van der Waals surface area contributed by atoms with Gasteiger partial charge in [-0.1, -0.05) is 12.1 Å². The fourth-order valence-corrected chi connectivity index (χ4v) is 2.73. The van der Waals surface area contributed by atoms with Crippen LogP contribution in [0.15, 0.2) is 58.8 Å². The zero-order valence-corrected chi connectivity index (χ0v) is 13.2. The molecule has 0 aliphatic rings. The molecule has 1 atom stereocenters. The molecule has 6 nitrogen and oxygen atoms in total. The highest BCUT2D eigenvalue weighted by Crippen LogP contribution is 2.21. The summed E-state index contributed by atoms with van der Waals surface area (Å²) in [6, 6.07) is 11.4. The lowest BCUT2D eigenvalue weighted by atomic mass is 10.3. The van der Waals surface area contributed by atoms with Crippen molar-refractivity contribution in [2.45, 2.75) is 13.0 Å². The predicted molar refractivity (Wildman–Crippen MR) is 89.4 cm³/mol. The molecular formula is C16H14N4O2S. The number of hydrogen-bond donors (Lipinski definition) is 1. The highest BCUT2D eigenvalue weighted by molar-refractivity contribution is 7.13. The van der Waals surface area contributed by atoms with E-state index in [1.54, 1.807) is 37.4 Å². The molecule has 3 heterocycles. The van der Waals surface area contributed by atoms with Crippen molar-refractivity contribution in [2.75, 3.05) is 5.32 Å². The van der Waals surface area contributed by atoms with Gasteiger partial charge in [0.1, 0.15) is 17.6 Å². The highest BCUT2D eigenvalue weighted by Gasteiger charge is 2.18. The van der Waals surface area contributed by atoms with Crippen LogP contribution in [-0.4, -0.2) is 20.7 Å². The van der Waals surface area contributed by atoms with E-state index in [0.29, 0.717) is 11.5 Å². The second-order valence-electron chi connectivity index (χ2n) is 4.86. The summed E-state index contributed by atoms with van der Waals surface area (Å²) in [4.78, 5) is 29.3. The zero-order chi connectivity index (χ0) is 16.2. The van der Waals surface area contributed by atoms with Gasteiger partial charge in [-0.25, -0.2) is 9.67 Å². The Bertz CT molecular complexity index is 859. The van der Waals surface area contributed by atoms with Gasteiger partial charge < -0.3 is 5.32 Å². The van der Waals surface area contributed by atoms with Crippen LogP contribution in [0.3, 0.4) is 0 Å². The Morgan fingerprint density at radius 2 is 2.09 bits per heavy atom. The van der Waals surface area contributed by atoms with Crippen LogP contribution in [0.4, 0.5) is 5.82 Å². The number of carbonyl (C=O) groups excluding carboxylic acids is 1. The van der Waals surface area contributed by atoms with Crippen LogP contribution in [0, 0.1) is 0 Å². The fraction of sp³-hybridized carbons (Fsp3) is 0.125. The van der Waals surface area contributed by atoms with Gasteiger partial charge in [-0.05, 0) is 36.6 Å². The average molecular weight is 326 g/mol. The molecule has 3 rings (SSSR count). The van der Waals surface area contributed by atoms with E-state index in [9.17, 15) is 9.59 Å². The van der Waals surface area contributed by atoms with Gasteiger partial charge in [0.05, 0.1) is 4.88 Å². The molecule has 1 unspecified atom stereocenters. The normalized spacial score (nSPS) is 11.9. The summed E-state index contributed by atoms with van der Waals surface area (Å²) < 4.78 is 1.19. The highest BCUT2D eigenvalue weighted by atomic mass is 32.1. The van der Waals surface area contributed by atoms with Crippen LogP contribution in [0.25, 0.3) is 10.6 Å². The summed E-state index contributed by atoms with van der Waals surface area (Å²) in [7, 11) is 0. The molecule has 0 fully saturated rings. The van der Waals surface area contributed by atoms with Crippen molar-refractivity contribution in [3.63, 3.8) is 0 Å². The first-order valence-electron chi connectivity index (χ1n) is 7.01. The minimum absolute atomic E-state index is 0.325. The molecule has 116 valence electrons. The predicted octanol–water partition coefficient (Wildman–Crippen LogP) is 2.57. The van der Waals surface area contributed by atoms with Crippen molar-refractivity contribution in [1.29, 1.82) is 0 Å². The van der Waals surface area contributed by atoms with E-state index in [0.717, 1.165) is 4.88 Å². The maximum atomic E-state index is 12.3. The molecule has 3 aromatic rings. The number of thiophene rings is 1. The molecule has 7 heteroatoms. The Morgan fingerprint density at radius 1 is 1.22 bits per heavy atom. The van der Waals surface area contributed by atoms with E-state index in [4.69, 9.17) is 0 Å². The van der Waals surface area contributed by atoms with E-state index in [1.165, 1.54) is 22.1 Å². The molecule has 0 saturated heterocycles. The Kier molecular flexibility index (Phi) is 4.29. The quantitative estimate of drug-likeness (QED) is 0.799. The summed E-state index contributed by atoms with van der Waals surface area (Å²) >= 11 is 1.52. The first kappa shape index (κ1) is 15.1. The lowest BCUT2D eigenvalue weighted by molar-refractivity contribution is -0.119. The van der Waals surface area contributed by atoms with Crippen molar-refractivity contribution in [3.8, 4) is 10.6 Å². The van der Waals surface area contributed by atoms with Crippen LogP contribution in [-0.2, 0) is 4.79 Å². The molecular weight excluding hydrogens is 312 g/mol. The Labute approximate surface area is 136 Å². The molecule has 23 heavy (non-hydrogen) atoms. The van der Waals surface area contributed by atoms with Crippen LogP contribution in [0.2, 0.25) is 0 Å². The van der Waals surface area contributed by atoms with E-state index in [1.807, 2.05) is 17.5 Å². The number of pyridine rings is 1. The first-order valence-corrected chi connectivity index (χ1v) is 7.89. The standard InChI is InChI=1S/C16H14N4O2S/c1-11(16(22)18-14-6-2-3-9-17-14)20-15(21)8-7-12(19-20)13-5-4-10-23-13/h2-11H,1H3,(H,17,18,22). The zero-order valence-electron chi connectivity index (χ0n) is 12.3. The number of hydrogen-bond acceptors (Lipinski definition) is 5. The van der Waals surface area contributed by atoms with Crippen LogP contribution >= 0.6 is 11.3 Å². The Hall–Kier alpha value is -2.80. The minimum Gasteiger partial charge on any atom is -0.309 e. The Balaban J connectivity index is 1.87. The lowest BCUT2D eigenvalue weighted by Crippen LogP contribution is -2.33. The largest absolute Gasteiger partial charge is 0.309 e. The molecule has 0 bridgehead atoms. The number of amides is 1. The first-order chi connectivity index (χ1) is 11.1. The number of nitrogens with zero attached hydrogens (tertiary/aromatic N) is 3. The molecule has 1 N–H and O–H groups in total. The topological polar surface area (TPSA) is 76.9 Å². The second-order valence-corrected chi connectivity index (χ2v) is 5.81. The third kappa shape index (κ3) is 3.35. The second kappa shape index (κ2) is 6.53. The van der Waals surface area contributed by atoms with Crippen molar-refractivity contribution < 1.29 is 4.79 Å². The SMILES string of the molecule is CC(C(=O)Nc1ccccn1)n1nc(-c2cccs2)ccc1=O. The maximum absolute atomic E-state index is 12.3. The molecule has 0 radical (unpaired) electrons. The van der Waals surface area contributed by atoms with Crippen molar-refractivity contribution in [1.82, 2.24) is 14.8 Å². The smallest absolute Gasteiger partial charge is 0.267 e. The number of nitrogens with one attached hydrogen (secondary N) is 1. The summed E-state index contributed by atoms with van der Waals surface area (Å²) in [6.07, 6.45) is 1.59. The minimum atomic E-state index is -0.746. The lowest BCUT2D eigenvalue weighted by Gasteiger charge is -2.14. The molecule has 0 aliphatic heterocycles. The van der Waals surface area contributed by atoms with Crippen molar-refractivity contribution in [3.05, 3.63) is 64.4 Å². The fourth-order valence-electron chi connectivity index (χ4n) is 2.04. The van der Waals surface area contributed by atoms with Gasteiger partial charge in [-0.15, -0.1) is 11.3 Å². The molecule has 1 amide bonds. The van der Waals surface area contributed by atoms with Gasteiger partial charge in [-0.2, -0.15) is 5.10 Å². The summed E-state index contributed by atoms with van der Waals surface area (Å²) in [5.41, 5.74) is 0.339. The average Bonchev–Trinajstić information content (AvgIpc) is 3.10. The summed E-state index contributed by atoms with van der Waals surface area (Å²) in [6.45, 7) is 1.63. The van der Waals surface area contributed by atoms with Crippen LogP contribution < -0.4 is 10.9 Å². The van der Waals surface area contributed by atoms with E-state index < -0.39 is 6.04 Å². The maximum Gasteiger partial charge on any atom is 0.267 e. The molecule has 3 aromatic heterocycles. The van der Waals surface area contributed by atoms with Gasteiger partial charge in [-0.3, -0.25) is 9.59 Å². The number of rotatable bonds is 4. The van der Waals surface area contributed by atoms with Gasteiger partial charge in [0, 0.05) is 12.3 Å². The van der Waals surface area contributed by atoms with Crippen molar-refractivity contribution in [2.24, 2.45) is 0 Å². The molecule has 0 saturated carbocycles. The van der Waals surface area contributed by atoms with Gasteiger partial charge in [0.25, 0.3) is 5.56 Å². The van der Waals surface area contributed by atoms with E-state index in [2.05, 4.69) is 15.4 Å². The molecule has 0 aromatic carbocycles.